The molecule has 0 N–H and O–H groups in total. The zero-order chi connectivity index (χ0) is 15.5. The van der Waals surface area contributed by atoms with Gasteiger partial charge in [0.1, 0.15) is 5.78 Å². The van der Waals surface area contributed by atoms with Crippen molar-refractivity contribution in [3.05, 3.63) is 10.8 Å². The lowest BCUT2D eigenvalue weighted by molar-refractivity contribution is -0.137. The van der Waals surface area contributed by atoms with Crippen LogP contribution in [0.2, 0.25) is 19.6 Å². The number of ketones is 1. The van der Waals surface area contributed by atoms with Crippen LogP contribution in [0.3, 0.4) is 0 Å². The van der Waals surface area contributed by atoms with Crippen LogP contribution < -0.4 is 0 Å². The normalized spacial score (nSPS) is 40.2. The molecule has 0 aromatic carbocycles. The Morgan fingerprint density at radius 2 is 1.86 bits per heavy atom. The van der Waals surface area contributed by atoms with Crippen LogP contribution in [0.1, 0.15) is 65.2 Å². The fourth-order valence-electron chi connectivity index (χ4n) is 6.10. The van der Waals surface area contributed by atoms with Crippen LogP contribution in [0.5, 0.6) is 0 Å². The van der Waals surface area contributed by atoms with Gasteiger partial charge in [0, 0.05) is 6.42 Å². The monoisotopic (exact) mass is 304 g/mol. The van der Waals surface area contributed by atoms with E-state index in [0.717, 1.165) is 25.2 Å². The van der Waals surface area contributed by atoms with Gasteiger partial charge in [-0.2, -0.15) is 0 Å². The summed E-state index contributed by atoms with van der Waals surface area (Å²) in [6.45, 7) is 12.3. The van der Waals surface area contributed by atoms with Crippen LogP contribution in [-0.4, -0.2) is 13.9 Å². The predicted octanol–water partition coefficient (Wildman–Crippen LogP) is 5.52. The van der Waals surface area contributed by atoms with Gasteiger partial charge in [-0.05, 0) is 56.3 Å². The van der Waals surface area contributed by atoms with Crippen LogP contribution in [0.15, 0.2) is 10.8 Å². The van der Waals surface area contributed by atoms with Crippen molar-refractivity contribution in [1.82, 2.24) is 0 Å². The summed E-state index contributed by atoms with van der Waals surface area (Å²) in [5.41, 5.74) is 1.90. The molecule has 3 atom stereocenters. The molecule has 0 aromatic heterocycles. The Bertz CT molecular complexity index is 498. The van der Waals surface area contributed by atoms with Gasteiger partial charge in [-0.1, -0.05) is 44.3 Å². The highest BCUT2D eigenvalue weighted by Gasteiger charge is 2.62. The second-order valence-corrected chi connectivity index (χ2v) is 14.1. The van der Waals surface area contributed by atoms with E-state index in [1.165, 1.54) is 32.1 Å². The number of carbonyl (C=O) groups excluding carboxylic acids is 1. The van der Waals surface area contributed by atoms with E-state index in [-0.39, 0.29) is 10.8 Å². The molecule has 3 aliphatic carbocycles. The van der Waals surface area contributed by atoms with Gasteiger partial charge < -0.3 is 0 Å². The van der Waals surface area contributed by atoms with E-state index < -0.39 is 8.07 Å². The minimum absolute atomic E-state index is 0.0352. The summed E-state index contributed by atoms with van der Waals surface area (Å²) >= 11 is 0. The molecule has 21 heavy (non-hydrogen) atoms. The van der Waals surface area contributed by atoms with Crippen molar-refractivity contribution < 1.29 is 4.79 Å². The molecule has 2 fully saturated rings. The van der Waals surface area contributed by atoms with E-state index in [0.29, 0.717) is 5.78 Å². The summed E-state index contributed by atoms with van der Waals surface area (Å²) in [7, 11) is -1.34. The molecule has 0 amide bonds. The Morgan fingerprint density at radius 1 is 1.14 bits per heavy atom. The summed E-state index contributed by atoms with van der Waals surface area (Å²) in [6, 6.07) is 0. The Labute approximate surface area is 131 Å². The minimum atomic E-state index is -1.34. The zero-order valence-corrected chi connectivity index (χ0v) is 15.6. The van der Waals surface area contributed by atoms with Gasteiger partial charge in [0.05, 0.1) is 13.5 Å². The topological polar surface area (TPSA) is 17.1 Å². The number of hydrogen-bond acceptors (Lipinski definition) is 1. The molecule has 2 saturated carbocycles. The van der Waals surface area contributed by atoms with Gasteiger partial charge in [-0.15, -0.1) is 0 Å². The van der Waals surface area contributed by atoms with Crippen LogP contribution in [-0.2, 0) is 4.79 Å². The maximum absolute atomic E-state index is 13.1. The molecule has 3 rings (SSSR count). The van der Waals surface area contributed by atoms with Crippen molar-refractivity contribution in [2.45, 2.75) is 84.9 Å². The number of rotatable bonds is 2. The third-order valence-electron chi connectivity index (χ3n) is 6.98. The third kappa shape index (κ3) is 1.97. The molecule has 3 aliphatic rings. The smallest absolute Gasteiger partial charge is 0.143 e. The number of Topliss-reactive ketones (excluding diaryl/α,β-unsaturated/α-hetero) is 1. The summed E-state index contributed by atoms with van der Waals surface area (Å²) in [5, 5.41) is 1.80. The summed E-state index contributed by atoms with van der Waals surface area (Å²) < 4.78 is 0. The van der Waals surface area contributed by atoms with Gasteiger partial charge in [0.25, 0.3) is 0 Å². The molecule has 2 heteroatoms. The molecule has 0 aliphatic heterocycles. The van der Waals surface area contributed by atoms with Gasteiger partial charge in [-0.25, -0.2) is 0 Å². The lowest BCUT2D eigenvalue weighted by atomic mass is 9.53. The van der Waals surface area contributed by atoms with Crippen molar-refractivity contribution in [2.75, 3.05) is 0 Å². The first-order valence-corrected chi connectivity index (χ1v) is 12.5. The molecule has 0 bridgehead atoms. The Hall–Kier alpha value is -0.373. The highest BCUT2D eigenvalue weighted by atomic mass is 28.3. The summed E-state index contributed by atoms with van der Waals surface area (Å²) in [6.07, 6.45) is 9.42. The summed E-state index contributed by atoms with van der Waals surface area (Å²) in [5.74, 6) is 1.38. The second-order valence-electron chi connectivity index (χ2n) is 9.03. The number of allylic oxidation sites excluding steroid dienone is 2. The average Bonchev–Trinajstić information content (AvgIpc) is 2.72. The maximum Gasteiger partial charge on any atom is 0.143 e. The van der Waals surface area contributed by atoms with Gasteiger partial charge >= 0.3 is 0 Å². The van der Waals surface area contributed by atoms with Crippen LogP contribution in [0.25, 0.3) is 0 Å². The van der Waals surface area contributed by atoms with Crippen LogP contribution in [0, 0.1) is 16.7 Å². The largest absolute Gasteiger partial charge is 0.299 e. The highest BCUT2D eigenvalue weighted by molar-refractivity contribution is 6.83. The average molecular weight is 305 g/mol. The molecule has 118 valence electrons. The Kier molecular flexibility index (Phi) is 3.55. The van der Waals surface area contributed by atoms with E-state index in [1.807, 2.05) is 0 Å². The maximum atomic E-state index is 13.1. The van der Waals surface area contributed by atoms with E-state index in [1.54, 1.807) is 10.8 Å². The molecule has 0 aromatic rings. The second kappa shape index (κ2) is 4.81. The molecule has 1 unspecified atom stereocenters. The highest BCUT2D eigenvalue weighted by Crippen LogP contribution is 2.67. The minimum Gasteiger partial charge on any atom is -0.299 e. The fraction of sp³-hybridized carbons (Fsp3) is 0.842. The Morgan fingerprint density at radius 3 is 2.48 bits per heavy atom. The van der Waals surface area contributed by atoms with Crippen molar-refractivity contribution in [2.24, 2.45) is 16.7 Å². The lowest BCUT2D eigenvalue weighted by Gasteiger charge is -2.52. The van der Waals surface area contributed by atoms with E-state index in [4.69, 9.17) is 0 Å². The van der Waals surface area contributed by atoms with Crippen LogP contribution in [0.4, 0.5) is 0 Å². The number of hydrogen-bond donors (Lipinski definition) is 0. The Balaban J connectivity index is 2.22. The summed E-state index contributed by atoms with van der Waals surface area (Å²) in [4.78, 5) is 13.1. The van der Waals surface area contributed by atoms with Crippen LogP contribution >= 0.6 is 0 Å². The molecule has 0 saturated heterocycles. The van der Waals surface area contributed by atoms with E-state index in [2.05, 4.69) is 33.5 Å². The molecule has 1 nitrogen and oxygen atoms in total. The van der Waals surface area contributed by atoms with Gasteiger partial charge in [0.2, 0.25) is 0 Å². The first kappa shape index (κ1) is 15.5. The standard InChI is InChI=1S/C19H32OSi/c1-6-14-9-13-19-15(17(14)21(3,4)5)10-12-18(19,2)11-7-8-16(19)20/h14H,6-13H2,1-5H3/t14?,18-,19-/m0/s1. The number of carbonyl (C=O) groups is 1. The predicted molar refractivity (Wildman–Crippen MR) is 92.0 cm³/mol. The molecule has 0 heterocycles. The molecule has 1 spiro atoms. The molecular weight excluding hydrogens is 272 g/mol. The van der Waals surface area contributed by atoms with Crippen molar-refractivity contribution in [3.8, 4) is 0 Å². The third-order valence-corrected chi connectivity index (χ3v) is 9.31. The lowest BCUT2D eigenvalue weighted by Crippen LogP contribution is -2.50. The molecule has 0 radical (unpaired) electrons. The van der Waals surface area contributed by atoms with E-state index >= 15 is 0 Å². The van der Waals surface area contributed by atoms with Crippen molar-refractivity contribution in [1.29, 1.82) is 0 Å². The quantitative estimate of drug-likeness (QED) is 0.614. The first-order chi connectivity index (χ1) is 9.76. The zero-order valence-electron chi connectivity index (χ0n) is 14.6. The van der Waals surface area contributed by atoms with Crippen molar-refractivity contribution >= 4 is 13.9 Å². The first-order valence-electron chi connectivity index (χ1n) is 9.03. The van der Waals surface area contributed by atoms with Crippen molar-refractivity contribution in [3.63, 3.8) is 0 Å². The molecular formula is C19H32OSi. The fourth-order valence-corrected chi connectivity index (χ4v) is 8.92. The SMILES string of the molecule is CCC1CC[C@]23C(=O)CCC[C@@]2(C)CCC3=C1[Si](C)(C)C. The van der Waals surface area contributed by atoms with Gasteiger partial charge in [0.15, 0.2) is 0 Å². The van der Waals surface area contributed by atoms with E-state index in [9.17, 15) is 4.79 Å². The van der Waals surface area contributed by atoms with Gasteiger partial charge in [-0.3, -0.25) is 4.79 Å².